The smallest absolute Gasteiger partial charge is 0.0908 e. The molecule has 0 amide bonds. The van der Waals surface area contributed by atoms with Crippen LogP contribution < -0.4 is 0 Å². The molecule has 1 unspecified atom stereocenters. The van der Waals surface area contributed by atoms with Crippen molar-refractivity contribution in [2.75, 3.05) is 6.54 Å². The number of benzene rings is 2. The molecule has 0 fully saturated rings. The monoisotopic (exact) mass is 276 g/mol. The van der Waals surface area contributed by atoms with E-state index in [1.165, 1.54) is 11.1 Å². The zero-order valence-electron chi connectivity index (χ0n) is 12.8. The van der Waals surface area contributed by atoms with Gasteiger partial charge in [-0.15, -0.1) is 0 Å². The summed E-state index contributed by atoms with van der Waals surface area (Å²) in [6, 6.07) is 17.3. The number of hydrogen-bond donors (Lipinski definition) is 0. The second kappa shape index (κ2) is 5.65. The minimum Gasteiger partial charge on any atom is -0.280 e. The van der Waals surface area contributed by atoms with Gasteiger partial charge in [0.25, 0.3) is 0 Å². The molecule has 1 aliphatic rings. The molecule has 0 saturated heterocycles. The van der Waals surface area contributed by atoms with Crippen LogP contribution in [0.4, 0.5) is 0 Å². The van der Waals surface area contributed by atoms with Crippen LogP contribution in [0, 0.1) is 13.8 Å². The molecule has 3 rings (SSSR count). The molecular weight excluding hydrogens is 256 g/mol. The van der Waals surface area contributed by atoms with Gasteiger partial charge in [-0.1, -0.05) is 59.7 Å². The van der Waals surface area contributed by atoms with Crippen molar-refractivity contribution in [3.05, 3.63) is 70.8 Å². The van der Waals surface area contributed by atoms with Gasteiger partial charge in [0.05, 0.1) is 24.0 Å². The van der Waals surface area contributed by atoms with Crippen molar-refractivity contribution < 1.29 is 0 Å². The highest BCUT2D eigenvalue weighted by molar-refractivity contribution is 6.53. The standard InChI is InChI=1S/C19H20N2/c1-13-4-8-16(9-5-13)18-19(21-15(3)12-20-18)17-10-6-14(2)7-11-17/h4-11,15H,12H2,1-3H3. The van der Waals surface area contributed by atoms with E-state index in [1.807, 2.05) is 0 Å². The molecule has 2 aromatic carbocycles. The third-order valence-electron chi connectivity index (χ3n) is 3.74. The maximum absolute atomic E-state index is 4.85. The molecule has 0 aliphatic carbocycles. The first-order chi connectivity index (χ1) is 10.1. The lowest BCUT2D eigenvalue weighted by Gasteiger charge is -2.19. The van der Waals surface area contributed by atoms with Gasteiger partial charge in [0.2, 0.25) is 0 Å². The summed E-state index contributed by atoms with van der Waals surface area (Å²) in [6.07, 6.45) is 0. The van der Waals surface area contributed by atoms with Crippen LogP contribution in [-0.2, 0) is 0 Å². The van der Waals surface area contributed by atoms with Crippen LogP contribution in [0.25, 0.3) is 0 Å². The highest BCUT2D eigenvalue weighted by Crippen LogP contribution is 2.16. The summed E-state index contributed by atoms with van der Waals surface area (Å²) in [5, 5.41) is 0. The van der Waals surface area contributed by atoms with E-state index in [1.54, 1.807) is 0 Å². The van der Waals surface area contributed by atoms with E-state index in [4.69, 9.17) is 9.98 Å². The molecule has 1 aliphatic heterocycles. The van der Waals surface area contributed by atoms with Crippen LogP contribution in [-0.4, -0.2) is 24.0 Å². The van der Waals surface area contributed by atoms with E-state index in [0.717, 1.165) is 29.1 Å². The molecule has 2 aromatic rings. The lowest BCUT2D eigenvalue weighted by Crippen LogP contribution is -2.26. The van der Waals surface area contributed by atoms with Crippen LogP contribution in [0.15, 0.2) is 58.5 Å². The van der Waals surface area contributed by atoms with Crippen molar-refractivity contribution in [2.24, 2.45) is 9.98 Å². The number of nitrogens with zero attached hydrogens (tertiary/aromatic N) is 2. The normalized spacial score (nSPS) is 18.1. The maximum atomic E-state index is 4.85. The summed E-state index contributed by atoms with van der Waals surface area (Å²) >= 11 is 0. The van der Waals surface area contributed by atoms with Crippen molar-refractivity contribution in [3.63, 3.8) is 0 Å². The minimum atomic E-state index is 0.246. The molecule has 2 heteroatoms. The summed E-state index contributed by atoms with van der Waals surface area (Å²) in [4.78, 5) is 9.62. The Bertz CT molecular complexity index is 691. The van der Waals surface area contributed by atoms with Gasteiger partial charge in [-0.3, -0.25) is 9.98 Å². The second-order valence-corrected chi connectivity index (χ2v) is 5.75. The summed E-state index contributed by atoms with van der Waals surface area (Å²) in [7, 11) is 0. The van der Waals surface area contributed by atoms with Crippen molar-refractivity contribution in [1.82, 2.24) is 0 Å². The van der Waals surface area contributed by atoms with Crippen LogP contribution in [0.1, 0.15) is 29.2 Å². The Kier molecular flexibility index (Phi) is 3.70. The Morgan fingerprint density at radius 1 is 0.762 bits per heavy atom. The summed E-state index contributed by atoms with van der Waals surface area (Å²) in [5.41, 5.74) is 6.84. The van der Waals surface area contributed by atoms with Crippen molar-refractivity contribution in [2.45, 2.75) is 26.8 Å². The Labute approximate surface area is 126 Å². The van der Waals surface area contributed by atoms with Gasteiger partial charge in [-0.2, -0.15) is 0 Å². The van der Waals surface area contributed by atoms with Gasteiger partial charge >= 0.3 is 0 Å². The van der Waals surface area contributed by atoms with E-state index >= 15 is 0 Å². The quantitative estimate of drug-likeness (QED) is 0.792. The van der Waals surface area contributed by atoms with Crippen molar-refractivity contribution in [3.8, 4) is 0 Å². The highest BCUT2D eigenvalue weighted by Gasteiger charge is 2.19. The summed E-state index contributed by atoms with van der Waals surface area (Å²) in [6.45, 7) is 7.08. The molecule has 0 saturated carbocycles. The van der Waals surface area contributed by atoms with E-state index in [2.05, 4.69) is 69.3 Å². The molecular formula is C19H20N2. The molecule has 0 spiro atoms. The Morgan fingerprint density at radius 2 is 1.24 bits per heavy atom. The first kappa shape index (κ1) is 13.7. The fourth-order valence-corrected chi connectivity index (χ4v) is 2.48. The van der Waals surface area contributed by atoms with Gasteiger partial charge in [-0.05, 0) is 20.8 Å². The Morgan fingerprint density at radius 3 is 1.76 bits per heavy atom. The molecule has 21 heavy (non-hydrogen) atoms. The van der Waals surface area contributed by atoms with Gasteiger partial charge < -0.3 is 0 Å². The van der Waals surface area contributed by atoms with Crippen LogP contribution >= 0.6 is 0 Å². The van der Waals surface area contributed by atoms with E-state index in [9.17, 15) is 0 Å². The third kappa shape index (κ3) is 2.94. The Hall–Kier alpha value is -2.22. The first-order valence-corrected chi connectivity index (χ1v) is 7.40. The molecule has 106 valence electrons. The van der Waals surface area contributed by atoms with Crippen LogP contribution in [0.5, 0.6) is 0 Å². The molecule has 0 N–H and O–H groups in total. The first-order valence-electron chi connectivity index (χ1n) is 7.40. The predicted octanol–water partition coefficient (Wildman–Crippen LogP) is 3.98. The fraction of sp³-hybridized carbons (Fsp3) is 0.263. The maximum Gasteiger partial charge on any atom is 0.0908 e. The van der Waals surface area contributed by atoms with Crippen molar-refractivity contribution in [1.29, 1.82) is 0 Å². The fourth-order valence-electron chi connectivity index (χ4n) is 2.48. The average molecular weight is 276 g/mol. The SMILES string of the molecule is Cc1ccc(C2=NCC(C)N=C2c2ccc(C)cc2)cc1. The zero-order chi connectivity index (χ0) is 14.8. The number of aryl methyl sites for hydroxylation is 2. The zero-order valence-corrected chi connectivity index (χ0v) is 12.8. The number of aliphatic imine (C=N–C) groups is 2. The molecule has 1 atom stereocenters. The lowest BCUT2D eigenvalue weighted by atomic mass is 9.96. The predicted molar refractivity (Wildman–Crippen MR) is 89.8 cm³/mol. The minimum absolute atomic E-state index is 0.246. The van der Waals surface area contributed by atoms with E-state index in [0.29, 0.717) is 0 Å². The van der Waals surface area contributed by atoms with Gasteiger partial charge in [0, 0.05) is 11.1 Å². The van der Waals surface area contributed by atoms with Crippen LogP contribution in [0.2, 0.25) is 0 Å². The lowest BCUT2D eigenvalue weighted by molar-refractivity contribution is 0.750. The highest BCUT2D eigenvalue weighted by atomic mass is 14.9. The number of hydrogen-bond acceptors (Lipinski definition) is 2. The van der Waals surface area contributed by atoms with Gasteiger partial charge in [0.1, 0.15) is 0 Å². The molecule has 0 aromatic heterocycles. The largest absolute Gasteiger partial charge is 0.280 e. The molecule has 1 heterocycles. The second-order valence-electron chi connectivity index (χ2n) is 5.75. The summed E-state index contributed by atoms with van der Waals surface area (Å²) in [5.74, 6) is 0. The topological polar surface area (TPSA) is 24.7 Å². The van der Waals surface area contributed by atoms with Crippen molar-refractivity contribution >= 4 is 11.4 Å². The summed E-state index contributed by atoms with van der Waals surface area (Å²) < 4.78 is 0. The average Bonchev–Trinajstić information content (AvgIpc) is 2.49. The van der Waals surface area contributed by atoms with Crippen LogP contribution in [0.3, 0.4) is 0 Å². The number of rotatable bonds is 2. The van der Waals surface area contributed by atoms with Gasteiger partial charge in [-0.25, -0.2) is 0 Å². The van der Waals surface area contributed by atoms with Gasteiger partial charge in [0.15, 0.2) is 0 Å². The van der Waals surface area contributed by atoms with E-state index < -0.39 is 0 Å². The molecule has 0 radical (unpaired) electrons. The molecule has 0 bridgehead atoms. The Balaban J connectivity index is 2.04. The van der Waals surface area contributed by atoms with E-state index in [-0.39, 0.29) is 6.04 Å². The molecule has 2 nitrogen and oxygen atoms in total. The third-order valence-corrected chi connectivity index (χ3v) is 3.74.